The molecule has 206 valence electrons. The fourth-order valence-corrected chi connectivity index (χ4v) is 4.16. The van der Waals surface area contributed by atoms with Gasteiger partial charge in [-0.25, -0.2) is 29.9 Å². The van der Waals surface area contributed by atoms with Gasteiger partial charge < -0.3 is 24.4 Å². The van der Waals surface area contributed by atoms with Crippen molar-refractivity contribution in [1.82, 2.24) is 39.7 Å². The van der Waals surface area contributed by atoms with E-state index in [1.807, 2.05) is 13.2 Å². The molecule has 4 aromatic heterocycles. The van der Waals surface area contributed by atoms with E-state index in [1.165, 1.54) is 0 Å². The Balaban J connectivity index is 1.21. The molecule has 0 amide bonds. The van der Waals surface area contributed by atoms with E-state index in [0.717, 1.165) is 5.56 Å². The molecule has 1 aliphatic heterocycles. The highest BCUT2D eigenvalue weighted by molar-refractivity contribution is 5.52. The SMILES string of the molecule is Cn1cc(-c2ncc(C#Cc3cnc(N4CCN(c5ncccn5)[C@@H](COCCOCCO)C4)nc3)cn2)cn1. The molecule has 13 heteroatoms. The van der Waals surface area contributed by atoms with Gasteiger partial charge in [0.15, 0.2) is 5.82 Å². The van der Waals surface area contributed by atoms with Gasteiger partial charge in [0.1, 0.15) is 0 Å². The summed E-state index contributed by atoms with van der Waals surface area (Å²) in [7, 11) is 1.85. The molecule has 0 saturated carbocycles. The van der Waals surface area contributed by atoms with E-state index in [-0.39, 0.29) is 12.6 Å². The van der Waals surface area contributed by atoms with Gasteiger partial charge in [0, 0.05) is 70.1 Å². The van der Waals surface area contributed by atoms with Crippen molar-refractivity contribution in [1.29, 1.82) is 0 Å². The molecular formula is C27H30N10O3. The van der Waals surface area contributed by atoms with Crippen molar-refractivity contribution < 1.29 is 14.6 Å². The number of aliphatic hydroxyl groups excluding tert-OH is 1. The molecule has 1 atom stereocenters. The molecule has 40 heavy (non-hydrogen) atoms. The van der Waals surface area contributed by atoms with Gasteiger partial charge in [-0.05, 0) is 6.07 Å². The fraction of sp³-hybridized carbons (Fsp3) is 0.370. The molecule has 1 fully saturated rings. The van der Waals surface area contributed by atoms with Gasteiger partial charge in [0.2, 0.25) is 11.9 Å². The van der Waals surface area contributed by atoms with Crippen LogP contribution in [-0.4, -0.2) is 104 Å². The van der Waals surface area contributed by atoms with Crippen molar-refractivity contribution >= 4 is 11.9 Å². The zero-order valence-corrected chi connectivity index (χ0v) is 22.2. The fourth-order valence-electron chi connectivity index (χ4n) is 4.16. The first kappa shape index (κ1) is 27.1. The van der Waals surface area contributed by atoms with Gasteiger partial charge >= 0.3 is 0 Å². The lowest BCUT2D eigenvalue weighted by Crippen LogP contribution is -2.56. The molecule has 1 saturated heterocycles. The average Bonchev–Trinajstić information content (AvgIpc) is 3.45. The maximum atomic E-state index is 8.85. The number of aliphatic hydroxyl groups is 1. The van der Waals surface area contributed by atoms with Crippen molar-refractivity contribution in [2.45, 2.75) is 6.04 Å². The first-order chi connectivity index (χ1) is 19.7. The number of anilines is 2. The monoisotopic (exact) mass is 542 g/mol. The quantitative estimate of drug-likeness (QED) is 0.221. The molecule has 0 aromatic carbocycles. The van der Waals surface area contributed by atoms with Crippen LogP contribution < -0.4 is 9.80 Å². The van der Waals surface area contributed by atoms with Crippen LogP contribution in [0.3, 0.4) is 0 Å². The number of rotatable bonds is 10. The number of hydrogen-bond acceptors (Lipinski definition) is 12. The summed E-state index contributed by atoms with van der Waals surface area (Å²) in [6.07, 6.45) is 13.9. The normalized spacial score (nSPS) is 15.1. The van der Waals surface area contributed by atoms with E-state index < -0.39 is 0 Å². The minimum Gasteiger partial charge on any atom is -0.394 e. The standard InChI is InChI=1S/C27H30N10O3/c1-35-18-23(17-34-35)25-30-13-21(14-31-25)3-4-22-15-32-26(33-16-22)36-7-8-37(27-28-5-2-6-29-27)24(19-36)20-40-12-11-39-10-9-38/h2,5-6,13-18,24,38H,7-12,19-20H2,1H3/t24-/m1/s1. The number of ether oxygens (including phenoxy) is 2. The van der Waals surface area contributed by atoms with Gasteiger partial charge in [-0.15, -0.1) is 0 Å². The molecule has 1 aliphatic rings. The summed E-state index contributed by atoms with van der Waals surface area (Å²) in [5.74, 6) is 8.03. The summed E-state index contributed by atoms with van der Waals surface area (Å²) < 4.78 is 12.9. The van der Waals surface area contributed by atoms with Gasteiger partial charge in [0.05, 0.1) is 62.0 Å². The van der Waals surface area contributed by atoms with Crippen molar-refractivity contribution in [3.63, 3.8) is 0 Å². The minimum absolute atomic E-state index is 0.00452. The zero-order valence-electron chi connectivity index (χ0n) is 22.2. The summed E-state index contributed by atoms with van der Waals surface area (Å²) in [6.45, 7) is 3.65. The molecule has 4 aromatic rings. The van der Waals surface area contributed by atoms with Crippen molar-refractivity contribution in [2.75, 3.05) is 62.5 Å². The molecule has 0 aliphatic carbocycles. The smallest absolute Gasteiger partial charge is 0.225 e. The Morgan fingerprint density at radius 3 is 2.23 bits per heavy atom. The van der Waals surface area contributed by atoms with E-state index in [2.05, 4.69) is 56.6 Å². The molecule has 0 radical (unpaired) electrons. The van der Waals surface area contributed by atoms with Crippen LogP contribution >= 0.6 is 0 Å². The lowest BCUT2D eigenvalue weighted by Gasteiger charge is -2.41. The van der Waals surface area contributed by atoms with E-state index in [0.29, 0.717) is 74.9 Å². The maximum Gasteiger partial charge on any atom is 0.225 e. The molecule has 5 rings (SSSR count). The van der Waals surface area contributed by atoms with Crippen LogP contribution in [0.4, 0.5) is 11.9 Å². The molecule has 0 unspecified atom stereocenters. The van der Waals surface area contributed by atoms with Crippen LogP contribution in [0.25, 0.3) is 11.4 Å². The lowest BCUT2D eigenvalue weighted by molar-refractivity contribution is 0.0285. The van der Waals surface area contributed by atoms with E-state index in [1.54, 1.807) is 54.1 Å². The Labute approximate surface area is 231 Å². The Morgan fingerprint density at radius 1 is 0.850 bits per heavy atom. The van der Waals surface area contributed by atoms with Crippen LogP contribution in [0.1, 0.15) is 11.1 Å². The molecule has 0 spiro atoms. The molecule has 0 bridgehead atoms. The second-order valence-electron chi connectivity index (χ2n) is 8.97. The summed E-state index contributed by atoms with van der Waals surface area (Å²) in [5.41, 5.74) is 2.24. The van der Waals surface area contributed by atoms with Crippen LogP contribution in [-0.2, 0) is 16.5 Å². The van der Waals surface area contributed by atoms with E-state index in [9.17, 15) is 0 Å². The first-order valence-corrected chi connectivity index (χ1v) is 12.9. The van der Waals surface area contributed by atoms with Gasteiger partial charge in [-0.1, -0.05) is 11.8 Å². The number of nitrogens with zero attached hydrogens (tertiary/aromatic N) is 10. The zero-order chi connectivity index (χ0) is 27.6. The first-order valence-electron chi connectivity index (χ1n) is 12.9. The van der Waals surface area contributed by atoms with E-state index >= 15 is 0 Å². The predicted molar refractivity (Wildman–Crippen MR) is 146 cm³/mol. The molecular weight excluding hydrogens is 512 g/mol. The minimum atomic E-state index is -0.00769. The second kappa shape index (κ2) is 13.5. The summed E-state index contributed by atoms with van der Waals surface area (Å²) in [4.78, 5) is 31.0. The topological polar surface area (TPSA) is 140 Å². The largest absolute Gasteiger partial charge is 0.394 e. The summed E-state index contributed by atoms with van der Waals surface area (Å²) in [6, 6.07) is 1.79. The Hall–Kier alpha value is -4.51. The summed E-state index contributed by atoms with van der Waals surface area (Å²) in [5, 5.41) is 13.0. The highest BCUT2D eigenvalue weighted by Gasteiger charge is 2.30. The third-order valence-corrected chi connectivity index (χ3v) is 6.10. The Morgan fingerprint density at radius 2 is 1.55 bits per heavy atom. The van der Waals surface area contributed by atoms with Crippen LogP contribution in [0, 0.1) is 11.8 Å². The lowest BCUT2D eigenvalue weighted by atomic mass is 10.2. The number of aryl methyl sites for hydroxylation is 1. The van der Waals surface area contributed by atoms with Crippen LogP contribution in [0.5, 0.6) is 0 Å². The molecule has 5 heterocycles. The van der Waals surface area contributed by atoms with Crippen molar-refractivity contribution in [2.24, 2.45) is 7.05 Å². The average molecular weight is 543 g/mol. The van der Waals surface area contributed by atoms with E-state index in [4.69, 9.17) is 14.6 Å². The number of aromatic nitrogens is 8. The van der Waals surface area contributed by atoms with Crippen LogP contribution in [0.2, 0.25) is 0 Å². The van der Waals surface area contributed by atoms with Crippen molar-refractivity contribution in [3.05, 3.63) is 66.8 Å². The Bertz CT molecular complexity index is 1400. The third kappa shape index (κ3) is 7.11. The summed E-state index contributed by atoms with van der Waals surface area (Å²) >= 11 is 0. The molecule has 1 N–H and O–H groups in total. The molecule has 13 nitrogen and oxygen atoms in total. The second-order valence-corrected chi connectivity index (χ2v) is 8.97. The number of piperazine rings is 1. The van der Waals surface area contributed by atoms with Crippen LogP contribution in [0.15, 0.2) is 55.6 Å². The predicted octanol–water partition coefficient (Wildman–Crippen LogP) is 0.578. The van der Waals surface area contributed by atoms with Gasteiger partial charge in [-0.3, -0.25) is 4.68 Å². The highest BCUT2D eigenvalue weighted by Crippen LogP contribution is 2.19. The Kier molecular flexibility index (Phi) is 9.15. The van der Waals surface area contributed by atoms with Crippen molar-refractivity contribution in [3.8, 4) is 23.2 Å². The number of hydrogen-bond donors (Lipinski definition) is 1. The highest BCUT2D eigenvalue weighted by atomic mass is 16.5. The van der Waals surface area contributed by atoms with Gasteiger partial charge in [0.25, 0.3) is 0 Å². The van der Waals surface area contributed by atoms with Gasteiger partial charge in [-0.2, -0.15) is 5.10 Å². The maximum absolute atomic E-state index is 8.85. The third-order valence-electron chi connectivity index (χ3n) is 6.10.